The number of nitrogens with one attached hydrogen (secondary N) is 1. The van der Waals surface area contributed by atoms with Gasteiger partial charge in [-0.2, -0.15) is 0 Å². The molecule has 0 aliphatic carbocycles. The van der Waals surface area contributed by atoms with Crippen LogP contribution in [0.15, 0.2) is 84.1 Å². The molecule has 5 nitrogen and oxygen atoms in total. The summed E-state index contributed by atoms with van der Waals surface area (Å²) < 4.78 is 0. The molecule has 1 heterocycles. The minimum Gasteiger partial charge on any atom is -0.508 e. The SMILES string of the molecule is C/C(Nc1ccc(C)cc1)=C1\C(=O)C(=O)N(c2ccc(O)cc2)[C@H]1c1ccc(Cl)cc1. The Bertz CT molecular complexity index is 1170. The van der Waals surface area contributed by atoms with Gasteiger partial charge in [0, 0.05) is 22.1 Å². The summed E-state index contributed by atoms with van der Waals surface area (Å²) >= 11 is 6.07. The Morgan fingerprint density at radius 2 is 1.55 bits per heavy atom. The zero-order valence-corrected chi connectivity index (χ0v) is 17.9. The predicted octanol–water partition coefficient (Wildman–Crippen LogP) is 5.40. The molecule has 0 bridgehead atoms. The van der Waals surface area contributed by atoms with Gasteiger partial charge in [-0.1, -0.05) is 41.4 Å². The highest BCUT2D eigenvalue weighted by Gasteiger charge is 2.45. The Labute approximate surface area is 185 Å². The normalized spacial score (nSPS) is 17.8. The molecular formula is C25H21ClN2O3. The molecule has 156 valence electrons. The molecule has 6 heteroatoms. The van der Waals surface area contributed by atoms with Crippen LogP contribution in [-0.4, -0.2) is 16.8 Å². The van der Waals surface area contributed by atoms with Crippen molar-refractivity contribution in [1.29, 1.82) is 0 Å². The van der Waals surface area contributed by atoms with Gasteiger partial charge >= 0.3 is 0 Å². The molecule has 1 saturated heterocycles. The number of phenols is 1. The number of halogens is 1. The molecule has 31 heavy (non-hydrogen) atoms. The van der Waals surface area contributed by atoms with Crippen molar-refractivity contribution >= 4 is 34.7 Å². The molecule has 1 atom stereocenters. The number of Topliss-reactive ketones (excluding diaryl/α,β-unsaturated/α-hetero) is 1. The van der Waals surface area contributed by atoms with Crippen molar-refractivity contribution in [3.8, 4) is 5.75 Å². The van der Waals surface area contributed by atoms with E-state index in [1.807, 2.05) is 43.3 Å². The Kier molecular flexibility index (Phi) is 5.53. The lowest BCUT2D eigenvalue weighted by Crippen LogP contribution is -2.29. The lowest BCUT2D eigenvalue weighted by molar-refractivity contribution is -0.132. The summed E-state index contributed by atoms with van der Waals surface area (Å²) in [5.41, 5.74) is 4.21. The van der Waals surface area contributed by atoms with Gasteiger partial charge in [0.25, 0.3) is 11.7 Å². The van der Waals surface area contributed by atoms with Crippen molar-refractivity contribution in [2.24, 2.45) is 0 Å². The maximum absolute atomic E-state index is 13.1. The highest BCUT2D eigenvalue weighted by Crippen LogP contribution is 2.41. The summed E-state index contributed by atoms with van der Waals surface area (Å²) in [7, 11) is 0. The minimum atomic E-state index is -0.625. The van der Waals surface area contributed by atoms with E-state index in [1.54, 1.807) is 31.2 Å². The first-order valence-electron chi connectivity index (χ1n) is 9.82. The number of hydrogen-bond acceptors (Lipinski definition) is 4. The van der Waals surface area contributed by atoms with E-state index in [4.69, 9.17) is 11.6 Å². The van der Waals surface area contributed by atoms with Crippen molar-refractivity contribution in [2.45, 2.75) is 19.9 Å². The molecule has 1 aliphatic heterocycles. The number of anilines is 2. The van der Waals surface area contributed by atoms with E-state index in [1.165, 1.54) is 17.0 Å². The van der Waals surface area contributed by atoms with Crippen molar-refractivity contribution < 1.29 is 14.7 Å². The summed E-state index contributed by atoms with van der Waals surface area (Å²) in [5.74, 6) is -1.10. The van der Waals surface area contributed by atoms with Crippen LogP contribution in [0.5, 0.6) is 5.75 Å². The number of amides is 1. The van der Waals surface area contributed by atoms with E-state index in [0.717, 1.165) is 16.8 Å². The lowest BCUT2D eigenvalue weighted by atomic mass is 9.96. The van der Waals surface area contributed by atoms with E-state index >= 15 is 0 Å². The summed E-state index contributed by atoms with van der Waals surface area (Å²) in [4.78, 5) is 27.7. The van der Waals surface area contributed by atoms with Crippen LogP contribution in [0.2, 0.25) is 5.02 Å². The van der Waals surface area contributed by atoms with Crippen LogP contribution in [-0.2, 0) is 9.59 Å². The Morgan fingerprint density at radius 3 is 2.16 bits per heavy atom. The van der Waals surface area contributed by atoms with Gasteiger partial charge in [0.2, 0.25) is 0 Å². The molecule has 0 spiro atoms. The van der Waals surface area contributed by atoms with Crippen molar-refractivity contribution in [2.75, 3.05) is 10.2 Å². The number of phenolic OH excluding ortho intramolecular Hbond substituents is 1. The molecule has 0 aromatic heterocycles. The van der Waals surface area contributed by atoms with E-state index in [-0.39, 0.29) is 5.75 Å². The second-order valence-electron chi connectivity index (χ2n) is 7.50. The standard InChI is InChI=1S/C25H21ClN2O3/c1-15-3-9-19(10-4-15)27-16(2)22-23(17-5-7-18(26)8-6-17)28(25(31)24(22)30)20-11-13-21(29)14-12-20/h3-14,23,27,29H,1-2H3/b22-16+/t23-/m0/s1. The third-order valence-corrected chi connectivity index (χ3v) is 5.54. The number of carbonyl (C=O) groups excluding carboxylic acids is 2. The maximum atomic E-state index is 13.1. The average molecular weight is 433 g/mol. The number of benzene rings is 3. The number of hydrogen-bond donors (Lipinski definition) is 2. The van der Waals surface area contributed by atoms with Crippen LogP contribution in [0.4, 0.5) is 11.4 Å². The molecule has 0 unspecified atom stereocenters. The fraction of sp³-hybridized carbons (Fsp3) is 0.120. The van der Waals surface area contributed by atoms with Gasteiger partial charge in [-0.05, 0) is 67.9 Å². The molecule has 4 rings (SSSR count). The summed E-state index contributed by atoms with van der Waals surface area (Å²) in [6.45, 7) is 3.80. The van der Waals surface area contributed by atoms with Crippen molar-refractivity contribution in [3.05, 3.63) is 100 Å². The Hall–Kier alpha value is -3.57. The molecule has 1 fully saturated rings. The summed E-state index contributed by atoms with van der Waals surface area (Å²) in [6.07, 6.45) is 0. The third kappa shape index (κ3) is 4.05. The number of rotatable bonds is 4. The van der Waals surface area contributed by atoms with Gasteiger partial charge in [-0.3, -0.25) is 14.5 Å². The minimum absolute atomic E-state index is 0.0812. The average Bonchev–Trinajstić information content (AvgIpc) is 3.02. The fourth-order valence-corrected chi connectivity index (χ4v) is 3.86. The topological polar surface area (TPSA) is 69.6 Å². The predicted molar refractivity (Wildman–Crippen MR) is 122 cm³/mol. The number of carbonyl (C=O) groups is 2. The molecule has 1 aliphatic rings. The summed E-state index contributed by atoms with van der Waals surface area (Å²) in [6, 6.07) is 20.5. The fourth-order valence-electron chi connectivity index (χ4n) is 3.73. The Morgan fingerprint density at radius 1 is 0.935 bits per heavy atom. The molecule has 0 radical (unpaired) electrons. The lowest BCUT2D eigenvalue weighted by Gasteiger charge is -2.26. The van der Waals surface area contributed by atoms with Crippen LogP contribution in [0.3, 0.4) is 0 Å². The van der Waals surface area contributed by atoms with Gasteiger partial charge in [0.05, 0.1) is 11.6 Å². The van der Waals surface area contributed by atoms with E-state index in [2.05, 4.69) is 5.32 Å². The van der Waals surface area contributed by atoms with Crippen molar-refractivity contribution in [1.82, 2.24) is 0 Å². The van der Waals surface area contributed by atoms with Gasteiger partial charge in [0.15, 0.2) is 0 Å². The van der Waals surface area contributed by atoms with Gasteiger partial charge in [-0.15, -0.1) is 0 Å². The first-order valence-corrected chi connectivity index (χ1v) is 10.2. The third-order valence-electron chi connectivity index (χ3n) is 5.29. The highest BCUT2D eigenvalue weighted by molar-refractivity contribution is 6.51. The number of aryl methyl sites for hydroxylation is 1. The number of ketones is 1. The largest absolute Gasteiger partial charge is 0.508 e. The first-order chi connectivity index (χ1) is 14.8. The zero-order valence-electron chi connectivity index (χ0n) is 17.1. The van der Waals surface area contributed by atoms with E-state index in [0.29, 0.717) is 22.0 Å². The second-order valence-corrected chi connectivity index (χ2v) is 7.94. The van der Waals surface area contributed by atoms with Gasteiger partial charge in [0.1, 0.15) is 5.75 Å². The quantitative estimate of drug-likeness (QED) is 0.428. The van der Waals surface area contributed by atoms with Crippen LogP contribution >= 0.6 is 11.6 Å². The summed E-state index contributed by atoms with van der Waals surface area (Å²) in [5, 5.41) is 13.5. The molecule has 3 aromatic carbocycles. The second kappa shape index (κ2) is 8.28. The van der Waals surface area contributed by atoms with Crippen molar-refractivity contribution in [3.63, 3.8) is 0 Å². The van der Waals surface area contributed by atoms with Gasteiger partial charge < -0.3 is 10.4 Å². The molecule has 2 N–H and O–H groups in total. The maximum Gasteiger partial charge on any atom is 0.300 e. The molecule has 0 saturated carbocycles. The highest BCUT2D eigenvalue weighted by atomic mass is 35.5. The van der Waals surface area contributed by atoms with E-state index in [9.17, 15) is 14.7 Å². The smallest absolute Gasteiger partial charge is 0.300 e. The van der Waals surface area contributed by atoms with Crippen LogP contribution < -0.4 is 10.2 Å². The van der Waals surface area contributed by atoms with Crippen LogP contribution in [0.25, 0.3) is 0 Å². The zero-order chi connectivity index (χ0) is 22.1. The Balaban J connectivity index is 1.84. The molecular weight excluding hydrogens is 412 g/mol. The van der Waals surface area contributed by atoms with Gasteiger partial charge in [-0.25, -0.2) is 0 Å². The van der Waals surface area contributed by atoms with Crippen LogP contribution in [0.1, 0.15) is 24.1 Å². The number of aromatic hydroxyl groups is 1. The monoisotopic (exact) mass is 432 g/mol. The molecule has 3 aromatic rings. The first kappa shape index (κ1) is 20.7. The van der Waals surface area contributed by atoms with E-state index < -0.39 is 17.7 Å². The molecule has 1 amide bonds. The number of nitrogens with zero attached hydrogens (tertiary/aromatic N) is 1. The number of allylic oxidation sites excluding steroid dienone is 1. The van der Waals surface area contributed by atoms with Crippen LogP contribution in [0, 0.1) is 6.92 Å².